The SMILES string of the molecule is CC(NC1CCCSC1C)c1cccc(Br)c1. The minimum absolute atomic E-state index is 0.429. The first kappa shape index (κ1) is 13.4. The Morgan fingerprint density at radius 2 is 2.29 bits per heavy atom. The van der Waals surface area contributed by atoms with Crippen LogP contribution >= 0.6 is 27.7 Å². The van der Waals surface area contributed by atoms with E-state index in [1.807, 2.05) is 0 Å². The smallest absolute Gasteiger partial charge is 0.0295 e. The van der Waals surface area contributed by atoms with Gasteiger partial charge in [0.15, 0.2) is 0 Å². The van der Waals surface area contributed by atoms with Crippen molar-refractivity contribution in [1.82, 2.24) is 5.32 Å². The van der Waals surface area contributed by atoms with Crippen molar-refractivity contribution in [2.24, 2.45) is 0 Å². The zero-order valence-electron chi connectivity index (χ0n) is 10.4. The molecule has 3 atom stereocenters. The molecular formula is C14H20BrNS. The van der Waals surface area contributed by atoms with Gasteiger partial charge in [0.1, 0.15) is 0 Å². The fraction of sp³-hybridized carbons (Fsp3) is 0.571. The third-order valence-corrected chi connectivity index (χ3v) is 5.29. The summed E-state index contributed by atoms with van der Waals surface area (Å²) in [7, 11) is 0. The van der Waals surface area contributed by atoms with Gasteiger partial charge in [-0.15, -0.1) is 0 Å². The van der Waals surface area contributed by atoms with E-state index in [0.717, 1.165) is 9.72 Å². The topological polar surface area (TPSA) is 12.0 Å². The fourth-order valence-electron chi connectivity index (χ4n) is 2.34. The second-order valence-electron chi connectivity index (χ2n) is 4.77. The van der Waals surface area contributed by atoms with Crippen LogP contribution < -0.4 is 5.32 Å². The third kappa shape index (κ3) is 3.73. The summed E-state index contributed by atoms with van der Waals surface area (Å²) in [5.41, 5.74) is 1.36. The molecule has 2 rings (SSSR count). The summed E-state index contributed by atoms with van der Waals surface area (Å²) < 4.78 is 1.16. The van der Waals surface area contributed by atoms with Gasteiger partial charge in [0.05, 0.1) is 0 Å². The standard InChI is InChI=1S/C14H20BrNS/c1-10(12-5-3-6-13(15)9-12)16-14-7-4-8-17-11(14)2/h3,5-6,9-11,14,16H,4,7-8H2,1-2H3. The minimum Gasteiger partial charge on any atom is -0.306 e. The average molecular weight is 314 g/mol. The number of rotatable bonds is 3. The van der Waals surface area contributed by atoms with Crippen molar-refractivity contribution >= 4 is 27.7 Å². The molecule has 1 saturated heterocycles. The van der Waals surface area contributed by atoms with E-state index in [1.165, 1.54) is 24.2 Å². The first-order valence-electron chi connectivity index (χ1n) is 6.30. The lowest BCUT2D eigenvalue weighted by Crippen LogP contribution is -2.40. The van der Waals surface area contributed by atoms with Crippen LogP contribution in [0.2, 0.25) is 0 Å². The van der Waals surface area contributed by atoms with Crippen LogP contribution in [0.5, 0.6) is 0 Å². The molecule has 0 aromatic heterocycles. The molecule has 0 bridgehead atoms. The lowest BCUT2D eigenvalue weighted by Gasteiger charge is -2.32. The molecular weight excluding hydrogens is 294 g/mol. The van der Waals surface area contributed by atoms with Crippen LogP contribution in [0.1, 0.15) is 38.3 Å². The van der Waals surface area contributed by atoms with Gasteiger partial charge in [-0.25, -0.2) is 0 Å². The number of benzene rings is 1. The van der Waals surface area contributed by atoms with Crippen LogP contribution in [0.25, 0.3) is 0 Å². The summed E-state index contributed by atoms with van der Waals surface area (Å²) in [6.45, 7) is 4.60. The summed E-state index contributed by atoms with van der Waals surface area (Å²) in [6, 6.07) is 9.68. The second kappa shape index (κ2) is 6.26. The number of hydrogen-bond acceptors (Lipinski definition) is 2. The maximum absolute atomic E-state index is 3.77. The Hall–Kier alpha value is 0.01000. The molecule has 0 saturated carbocycles. The van der Waals surface area contributed by atoms with E-state index in [4.69, 9.17) is 0 Å². The molecule has 1 aliphatic heterocycles. The van der Waals surface area contributed by atoms with Gasteiger partial charge in [-0.05, 0) is 43.2 Å². The molecule has 1 aromatic rings. The van der Waals surface area contributed by atoms with Gasteiger partial charge >= 0.3 is 0 Å². The Labute approximate surface area is 117 Å². The van der Waals surface area contributed by atoms with E-state index in [0.29, 0.717) is 12.1 Å². The van der Waals surface area contributed by atoms with Gasteiger partial charge in [-0.3, -0.25) is 0 Å². The molecule has 1 nitrogen and oxygen atoms in total. The van der Waals surface area contributed by atoms with Gasteiger partial charge in [-0.2, -0.15) is 11.8 Å². The molecule has 1 heterocycles. The Bertz CT molecular complexity index is 369. The number of nitrogens with one attached hydrogen (secondary N) is 1. The minimum atomic E-state index is 0.429. The van der Waals surface area contributed by atoms with Crippen LogP contribution in [-0.4, -0.2) is 17.0 Å². The Kier molecular flexibility index (Phi) is 4.95. The first-order valence-corrected chi connectivity index (χ1v) is 8.14. The molecule has 1 N–H and O–H groups in total. The Balaban J connectivity index is 1.98. The van der Waals surface area contributed by atoms with E-state index in [2.05, 4.69) is 71.1 Å². The average Bonchev–Trinajstić information content (AvgIpc) is 2.32. The zero-order valence-corrected chi connectivity index (χ0v) is 12.9. The highest BCUT2D eigenvalue weighted by Gasteiger charge is 2.23. The highest BCUT2D eigenvalue weighted by atomic mass is 79.9. The van der Waals surface area contributed by atoms with Crippen molar-refractivity contribution < 1.29 is 0 Å². The normalized spacial score (nSPS) is 26.8. The number of thioether (sulfide) groups is 1. The van der Waals surface area contributed by atoms with E-state index in [1.54, 1.807) is 0 Å². The largest absolute Gasteiger partial charge is 0.306 e. The molecule has 1 aromatic carbocycles. The predicted molar refractivity (Wildman–Crippen MR) is 80.6 cm³/mol. The van der Waals surface area contributed by atoms with Crippen LogP contribution in [0, 0.1) is 0 Å². The third-order valence-electron chi connectivity index (χ3n) is 3.42. The molecule has 17 heavy (non-hydrogen) atoms. The van der Waals surface area contributed by atoms with E-state index < -0.39 is 0 Å². The van der Waals surface area contributed by atoms with Gasteiger partial charge in [-0.1, -0.05) is 35.0 Å². The summed E-state index contributed by atoms with van der Waals surface area (Å²) in [4.78, 5) is 0. The highest BCUT2D eigenvalue weighted by Crippen LogP contribution is 2.27. The van der Waals surface area contributed by atoms with E-state index in [-0.39, 0.29) is 0 Å². The summed E-state index contributed by atoms with van der Waals surface area (Å²) in [5, 5.41) is 4.51. The van der Waals surface area contributed by atoms with Crippen molar-refractivity contribution in [2.45, 2.75) is 44.0 Å². The molecule has 0 radical (unpaired) electrons. The molecule has 3 unspecified atom stereocenters. The monoisotopic (exact) mass is 313 g/mol. The van der Waals surface area contributed by atoms with Crippen molar-refractivity contribution in [2.75, 3.05) is 5.75 Å². The molecule has 0 amide bonds. The van der Waals surface area contributed by atoms with Crippen LogP contribution in [0.3, 0.4) is 0 Å². The highest BCUT2D eigenvalue weighted by molar-refractivity contribution is 9.10. The summed E-state index contributed by atoms with van der Waals surface area (Å²) in [6.07, 6.45) is 2.66. The summed E-state index contributed by atoms with van der Waals surface area (Å²) >= 11 is 5.63. The molecule has 3 heteroatoms. The van der Waals surface area contributed by atoms with E-state index in [9.17, 15) is 0 Å². The van der Waals surface area contributed by atoms with Crippen LogP contribution in [-0.2, 0) is 0 Å². The van der Waals surface area contributed by atoms with Gasteiger partial charge in [0, 0.05) is 21.8 Å². The predicted octanol–water partition coefficient (Wildman–Crippen LogP) is 4.38. The summed E-state index contributed by atoms with van der Waals surface area (Å²) in [5.74, 6) is 1.32. The van der Waals surface area contributed by atoms with Crippen molar-refractivity contribution in [1.29, 1.82) is 0 Å². The van der Waals surface area contributed by atoms with Gasteiger partial charge < -0.3 is 5.32 Å². The Morgan fingerprint density at radius 3 is 3.00 bits per heavy atom. The Morgan fingerprint density at radius 1 is 1.47 bits per heavy atom. The van der Waals surface area contributed by atoms with Crippen molar-refractivity contribution in [3.8, 4) is 0 Å². The molecule has 0 spiro atoms. The fourth-order valence-corrected chi connectivity index (χ4v) is 3.90. The number of hydrogen-bond donors (Lipinski definition) is 1. The molecule has 1 fully saturated rings. The number of halogens is 1. The first-order chi connectivity index (χ1) is 8.16. The molecule has 94 valence electrons. The second-order valence-corrected chi connectivity index (χ2v) is 7.17. The molecule has 1 aliphatic rings. The molecule has 0 aliphatic carbocycles. The maximum atomic E-state index is 3.77. The van der Waals surface area contributed by atoms with Crippen LogP contribution in [0.4, 0.5) is 0 Å². The zero-order chi connectivity index (χ0) is 12.3. The quantitative estimate of drug-likeness (QED) is 0.888. The van der Waals surface area contributed by atoms with Crippen molar-refractivity contribution in [3.05, 3.63) is 34.3 Å². The van der Waals surface area contributed by atoms with E-state index >= 15 is 0 Å². The lowest BCUT2D eigenvalue weighted by molar-refractivity contribution is 0.417. The van der Waals surface area contributed by atoms with Gasteiger partial charge in [0.2, 0.25) is 0 Å². The van der Waals surface area contributed by atoms with Crippen molar-refractivity contribution in [3.63, 3.8) is 0 Å². The maximum Gasteiger partial charge on any atom is 0.0295 e. The van der Waals surface area contributed by atoms with Gasteiger partial charge in [0.25, 0.3) is 0 Å². The van der Waals surface area contributed by atoms with Crippen LogP contribution in [0.15, 0.2) is 28.7 Å². The lowest BCUT2D eigenvalue weighted by atomic mass is 10.0.